The van der Waals surface area contributed by atoms with Gasteiger partial charge >= 0.3 is 0 Å². The highest BCUT2D eigenvalue weighted by Gasteiger charge is 2.47. The predicted octanol–water partition coefficient (Wildman–Crippen LogP) is 2.97. The Kier molecular flexibility index (Phi) is 2.84. The van der Waals surface area contributed by atoms with Crippen molar-refractivity contribution < 1.29 is 19.0 Å². The lowest BCUT2D eigenvalue weighted by Gasteiger charge is -2.48. The Balaban J connectivity index is 1.94. The van der Waals surface area contributed by atoms with Gasteiger partial charge in [0.2, 0.25) is 0 Å². The molecule has 2 aliphatic rings. The highest BCUT2D eigenvalue weighted by atomic mass is 19.1. The molecule has 104 valence electrons. The van der Waals surface area contributed by atoms with Crippen LogP contribution in [0.2, 0.25) is 0 Å². The molecule has 0 bridgehead atoms. The van der Waals surface area contributed by atoms with Crippen LogP contribution >= 0.6 is 0 Å². The van der Waals surface area contributed by atoms with E-state index in [1.54, 1.807) is 6.07 Å². The van der Waals surface area contributed by atoms with Crippen LogP contribution in [0.5, 0.6) is 5.75 Å². The number of fused-ring (bicyclic) bond motifs is 1. The molecule has 0 amide bonds. The van der Waals surface area contributed by atoms with E-state index in [-0.39, 0.29) is 11.4 Å². The molecule has 0 aromatic heterocycles. The van der Waals surface area contributed by atoms with Crippen molar-refractivity contribution in [3.8, 4) is 5.75 Å². The van der Waals surface area contributed by atoms with Gasteiger partial charge in [-0.05, 0) is 32.0 Å². The molecule has 2 atom stereocenters. The molecular weight excluding hydrogens is 247 g/mol. The Hall–Kier alpha value is -1.13. The van der Waals surface area contributed by atoms with Crippen LogP contribution in [0.25, 0.3) is 0 Å². The van der Waals surface area contributed by atoms with Crippen molar-refractivity contribution in [1.29, 1.82) is 0 Å². The van der Waals surface area contributed by atoms with Crippen molar-refractivity contribution in [2.75, 3.05) is 6.61 Å². The van der Waals surface area contributed by atoms with Crippen LogP contribution in [0, 0.1) is 5.82 Å². The monoisotopic (exact) mass is 266 g/mol. The zero-order chi connectivity index (χ0) is 13.7. The largest absolute Gasteiger partial charge is 0.487 e. The molecule has 0 aliphatic carbocycles. The molecule has 1 saturated heterocycles. The normalized spacial score (nSPS) is 32.7. The lowest BCUT2D eigenvalue weighted by Crippen LogP contribution is -2.51. The fourth-order valence-electron chi connectivity index (χ4n) is 3.30. The number of hydrogen-bond acceptors (Lipinski definition) is 3. The van der Waals surface area contributed by atoms with Crippen molar-refractivity contribution in [3.63, 3.8) is 0 Å². The summed E-state index contributed by atoms with van der Waals surface area (Å²) in [4.78, 5) is 0. The molecular formula is C15H19FO3. The topological polar surface area (TPSA) is 38.7 Å². The molecule has 2 aliphatic heterocycles. The molecule has 3 nitrogen and oxygen atoms in total. The van der Waals surface area contributed by atoms with Gasteiger partial charge in [0, 0.05) is 24.8 Å². The van der Waals surface area contributed by atoms with Gasteiger partial charge < -0.3 is 14.6 Å². The lowest BCUT2D eigenvalue weighted by molar-refractivity contribution is -0.151. The quantitative estimate of drug-likeness (QED) is 0.784. The summed E-state index contributed by atoms with van der Waals surface area (Å²) >= 11 is 0. The summed E-state index contributed by atoms with van der Waals surface area (Å²) in [5.74, 6) is 0.252. The number of aliphatic hydroxyl groups is 1. The molecule has 1 unspecified atom stereocenters. The average molecular weight is 266 g/mol. The molecule has 1 N–H and O–H groups in total. The van der Waals surface area contributed by atoms with E-state index in [4.69, 9.17) is 9.47 Å². The number of hydrogen-bond donors (Lipinski definition) is 1. The Morgan fingerprint density at radius 3 is 2.89 bits per heavy atom. The van der Waals surface area contributed by atoms with Crippen molar-refractivity contribution in [3.05, 3.63) is 29.6 Å². The Morgan fingerprint density at radius 1 is 1.37 bits per heavy atom. The Morgan fingerprint density at radius 2 is 2.16 bits per heavy atom. The predicted molar refractivity (Wildman–Crippen MR) is 68.6 cm³/mol. The zero-order valence-corrected chi connectivity index (χ0v) is 11.3. The molecule has 1 aromatic rings. The molecule has 19 heavy (non-hydrogen) atoms. The summed E-state index contributed by atoms with van der Waals surface area (Å²) in [7, 11) is 0. The van der Waals surface area contributed by atoms with Crippen LogP contribution < -0.4 is 4.74 Å². The highest BCUT2D eigenvalue weighted by molar-refractivity contribution is 5.38. The van der Waals surface area contributed by atoms with E-state index in [0.717, 1.165) is 12.8 Å². The third kappa shape index (κ3) is 2.35. The van der Waals surface area contributed by atoms with E-state index < -0.39 is 11.7 Å². The molecule has 0 radical (unpaired) electrons. The molecule has 3 rings (SSSR count). The SMILES string of the molecule is CC1(C)CC2(CCO1)C[C@H](O)c1cc(F)ccc1O2. The minimum Gasteiger partial charge on any atom is -0.487 e. The first-order valence-corrected chi connectivity index (χ1v) is 6.70. The fraction of sp³-hybridized carbons (Fsp3) is 0.600. The minimum absolute atomic E-state index is 0.254. The van der Waals surface area contributed by atoms with Crippen molar-refractivity contribution in [1.82, 2.24) is 0 Å². The second kappa shape index (κ2) is 4.18. The summed E-state index contributed by atoms with van der Waals surface area (Å²) in [6, 6.07) is 4.34. The van der Waals surface area contributed by atoms with Gasteiger partial charge in [-0.2, -0.15) is 0 Å². The van der Waals surface area contributed by atoms with Crippen LogP contribution in [0.1, 0.15) is 44.8 Å². The minimum atomic E-state index is -0.673. The molecule has 2 heterocycles. The standard InChI is InChI=1S/C15H19FO3/c1-14(2)9-15(5-6-18-14)8-12(17)11-7-10(16)3-4-13(11)19-15/h3-4,7,12,17H,5-6,8-9H2,1-2H3/t12-,15?/m0/s1. The van der Waals surface area contributed by atoms with Gasteiger partial charge in [-0.1, -0.05) is 0 Å². The average Bonchev–Trinajstić information content (AvgIpc) is 2.29. The summed E-state index contributed by atoms with van der Waals surface area (Å²) < 4.78 is 25.1. The van der Waals surface area contributed by atoms with E-state index in [2.05, 4.69) is 0 Å². The molecule has 1 aromatic carbocycles. The smallest absolute Gasteiger partial charge is 0.126 e. The van der Waals surface area contributed by atoms with Crippen LogP contribution in [-0.4, -0.2) is 22.9 Å². The van der Waals surface area contributed by atoms with Gasteiger partial charge in [-0.15, -0.1) is 0 Å². The van der Waals surface area contributed by atoms with E-state index in [0.29, 0.717) is 24.3 Å². The Labute approximate surface area is 112 Å². The summed E-state index contributed by atoms with van der Waals surface area (Å²) in [6.07, 6.45) is 1.31. The number of ether oxygens (including phenoxy) is 2. The van der Waals surface area contributed by atoms with E-state index in [1.165, 1.54) is 12.1 Å². The van der Waals surface area contributed by atoms with Gasteiger partial charge in [0.1, 0.15) is 17.2 Å². The molecule has 4 heteroatoms. The van der Waals surface area contributed by atoms with E-state index in [9.17, 15) is 9.50 Å². The van der Waals surface area contributed by atoms with Gasteiger partial charge in [-0.3, -0.25) is 0 Å². The lowest BCUT2D eigenvalue weighted by atomic mass is 9.77. The summed E-state index contributed by atoms with van der Waals surface area (Å²) in [5.41, 5.74) is -0.100. The highest BCUT2D eigenvalue weighted by Crippen LogP contribution is 2.47. The third-order valence-electron chi connectivity index (χ3n) is 4.02. The maximum absolute atomic E-state index is 13.2. The second-order valence-electron chi connectivity index (χ2n) is 6.22. The van der Waals surface area contributed by atoms with Crippen molar-refractivity contribution >= 4 is 0 Å². The number of halogens is 1. The van der Waals surface area contributed by atoms with Crippen LogP contribution in [-0.2, 0) is 4.74 Å². The number of benzene rings is 1. The van der Waals surface area contributed by atoms with Gasteiger partial charge in [-0.25, -0.2) is 4.39 Å². The summed E-state index contributed by atoms with van der Waals surface area (Å²) in [5, 5.41) is 10.3. The summed E-state index contributed by atoms with van der Waals surface area (Å²) in [6.45, 7) is 4.68. The first-order chi connectivity index (χ1) is 8.89. The molecule has 0 saturated carbocycles. The van der Waals surface area contributed by atoms with E-state index in [1.807, 2.05) is 13.8 Å². The van der Waals surface area contributed by atoms with Gasteiger partial charge in [0.25, 0.3) is 0 Å². The van der Waals surface area contributed by atoms with Crippen molar-refractivity contribution in [2.45, 2.75) is 50.4 Å². The molecule has 1 fully saturated rings. The zero-order valence-electron chi connectivity index (χ0n) is 11.3. The second-order valence-corrected chi connectivity index (χ2v) is 6.22. The van der Waals surface area contributed by atoms with E-state index >= 15 is 0 Å². The van der Waals surface area contributed by atoms with Gasteiger partial charge in [0.15, 0.2) is 0 Å². The maximum atomic E-state index is 13.2. The fourth-order valence-corrected chi connectivity index (χ4v) is 3.30. The number of rotatable bonds is 0. The van der Waals surface area contributed by atoms with Crippen molar-refractivity contribution in [2.24, 2.45) is 0 Å². The van der Waals surface area contributed by atoms with Crippen LogP contribution in [0.15, 0.2) is 18.2 Å². The van der Waals surface area contributed by atoms with Crippen LogP contribution in [0.3, 0.4) is 0 Å². The molecule has 1 spiro atoms. The maximum Gasteiger partial charge on any atom is 0.126 e. The number of aliphatic hydroxyl groups excluding tert-OH is 1. The Bertz CT molecular complexity index is 500. The third-order valence-corrected chi connectivity index (χ3v) is 4.02. The van der Waals surface area contributed by atoms with Crippen LogP contribution in [0.4, 0.5) is 4.39 Å². The first kappa shape index (κ1) is 12.9. The van der Waals surface area contributed by atoms with Gasteiger partial charge in [0.05, 0.1) is 18.3 Å². The first-order valence-electron chi connectivity index (χ1n) is 6.70.